The van der Waals surface area contributed by atoms with Gasteiger partial charge in [-0.25, -0.2) is 8.78 Å². The van der Waals surface area contributed by atoms with E-state index in [1.165, 1.54) is 12.1 Å². The fraction of sp³-hybridized carbons (Fsp3) is 0.0556. The van der Waals surface area contributed by atoms with E-state index >= 15 is 0 Å². The van der Waals surface area contributed by atoms with E-state index in [2.05, 4.69) is 11.6 Å². The minimum absolute atomic E-state index is 0.117. The molecule has 1 aromatic heterocycles. The molecule has 0 radical (unpaired) electrons. The molecule has 1 heterocycles. The van der Waals surface area contributed by atoms with E-state index in [1.807, 2.05) is 0 Å². The first kappa shape index (κ1) is 15.4. The van der Waals surface area contributed by atoms with Gasteiger partial charge in [0.2, 0.25) is 0 Å². The minimum Gasteiger partial charge on any atom is -0.508 e. The van der Waals surface area contributed by atoms with Crippen molar-refractivity contribution in [2.45, 2.75) is 6.92 Å². The Hall–Kier alpha value is -2.46. The third kappa shape index (κ3) is 2.66. The number of aliphatic hydroxyl groups is 1. The lowest BCUT2D eigenvalue weighted by molar-refractivity contribution is 0.514. The van der Waals surface area contributed by atoms with Crippen molar-refractivity contribution >= 4 is 28.3 Å². The molecule has 23 heavy (non-hydrogen) atoms. The summed E-state index contributed by atoms with van der Waals surface area (Å²) in [4.78, 5) is 4.37. The Morgan fingerprint density at radius 3 is 2.57 bits per heavy atom. The summed E-state index contributed by atoms with van der Waals surface area (Å²) in [7, 11) is 0. The summed E-state index contributed by atoms with van der Waals surface area (Å²) in [6.07, 6.45) is 0. The molecule has 0 aliphatic heterocycles. The first-order valence-corrected chi connectivity index (χ1v) is 7.20. The minimum atomic E-state index is -0.716. The van der Waals surface area contributed by atoms with Gasteiger partial charge in [-0.3, -0.25) is 4.98 Å². The average molecular weight is 332 g/mol. The average Bonchev–Trinajstić information content (AvgIpc) is 2.49. The Kier molecular flexibility index (Phi) is 3.78. The van der Waals surface area contributed by atoms with Crippen molar-refractivity contribution in [3.63, 3.8) is 0 Å². The molecule has 2 nitrogen and oxygen atoms in total. The normalized spacial score (nSPS) is 11.0. The Labute approximate surface area is 136 Å². The van der Waals surface area contributed by atoms with E-state index in [1.54, 1.807) is 25.1 Å². The van der Waals surface area contributed by atoms with Crippen LogP contribution in [0.15, 0.2) is 43.0 Å². The third-order valence-corrected chi connectivity index (χ3v) is 4.09. The molecule has 1 N–H and O–H groups in total. The molecule has 2 aromatic carbocycles. The number of halogens is 3. The summed E-state index contributed by atoms with van der Waals surface area (Å²) in [5.74, 6) is -1.50. The molecule has 0 spiro atoms. The smallest absolute Gasteiger partial charge is 0.134 e. The molecule has 0 unspecified atom stereocenters. The second-order valence-corrected chi connectivity index (χ2v) is 5.57. The molecule has 0 bridgehead atoms. The topological polar surface area (TPSA) is 33.1 Å². The standard InChI is InChI=1S/C18H12ClF2NO/c1-9-18(19)17(13-5-4-12(20)8-15(13)21)14-7-11(10(2)23)3-6-16(14)22-9/h3-8,23H,2H2,1H3. The van der Waals surface area contributed by atoms with Crippen LogP contribution in [0.25, 0.3) is 27.8 Å². The van der Waals surface area contributed by atoms with Gasteiger partial charge in [0, 0.05) is 28.1 Å². The molecule has 0 atom stereocenters. The van der Waals surface area contributed by atoms with Crippen LogP contribution >= 0.6 is 11.6 Å². The summed E-state index contributed by atoms with van der Waals surface area (Å²) in [5.41, 5.74) is 2.19. The highest BCUT2D eigenvalue weighted by Crippen LogP contribution is 2.38. The lowest BCUT2D eigenvalue weighted by Gasteiger charge is -2.13. The van der Waals surface area contributed by atoms with Gasteiger partial charge in [-0.1, -0.05) is 18.2 Å². The van der Waals surface area contributed by atoms with Crippen molar-refractivity contribution in [3.05, 3.63) is 70.9 Å². The number of nitrogens with zero attached hydrogens (tertiary/aromatic N) is 1. The number of aliphatic hydroxyl groups excluding tert-OH is 1. The maximum absolute atomic E-state index is 14.2. The lowest BCUT2D eigenvalue weighted by atomic mass is 9.97. The number of rotatable bonds is 2. The number of aryl methyl sites for hydroxylation is 1. The molecular weight excluding hydrogens is 320 g/mol. The van der Waals surface area contributed by atoms with Crippen LogP contribution in [0.3, 0.4) is 0 Å². The number of fused-ring (bicyclic) bond motifs is 1. The Morgan fingerprint density at radius 1 is 1.17 bits per heavy atom. The Morgan fingerprint density at radius 2 is 1.91 bits per heavy atom. The van der Waals surface area contributed by atoms with Gasteiger partial charge in [0.1, 0.15) is 17.4 Å². The van der Waals surface area contributed by atoms with E-state index in [-0.39, 0.29) is 16.3 Å². The highest BCUT2D eigenvalue weighted by Gasteiger charge is 2.17. The van der Waals surface area contributed by atoms with Crippen LogP contribution in [0.5, 0.6) is 0 Å². The SMILES string of the molecule is C=C(O)c1ccc2nc(C)c(Cl)c(-c3ccc(F)cc3F)c2c1. The molecule has 3 aromatic rings. The second kappa shape index (κ2) is 5.63. The largest absolute Gasteiger partial charge is 0.508 e. The maximum atomic E-state index is 14.2. The quantitative estimate of drug-likeness (QED) is 0.614. The predicted octanol–water partition coefficient (Wildman–Crippen LogP) is 5.67. The van der Waals surface area contributed by atoms with Crippen LogP contribution in [-0.2, 0) is 0 Å². The van der Waals surface area contributed by atoms with Gasteiger partial charge in [-0.2, -0.15) is 0 Å². The van der Waals surface area contributed by atoms with E-state index in [0.717, 1.165) is 6.07 Å². The first-order chi connectivity index (χ1) is 10.9. The zero-order chi connectivity index (χ0) is 16.7. The van der Waals surface area contributed by atoms with Crippen molar-refractivity contribution in [2.75, 3.05) is 0 Å². The number of hydrogen-bond donors (Lipinski definition) is 1. The van der Waals surface area contributed by atoms with Gasteiger partial charge >= 0.3 is 0 Å². The van der Waals surface area contributed by atoms with E-state index in [0.29, 0.717) is 27.7 Å². The van der Waals surface area contributed by atoms with E-state index in [9.17, 15) is 13.9 Å². The molecule has 0 fully saturated rings. The zero-order valence-electron chi connectivity index (χ0n) is 12.2. The summed E-state index contributed by atoms with van der Waals surface area (Å²) >= 11 is 6.34. The van der Waals surface area contributed by atoms with Crippen molar-refractivity contribution < 1.29 is 13.9 Å². The molecule has 0 amide bonds. The predicted molar refractivity (Wildman–Crippen MR) is 88.5 cm³/mol. The second-order valence-electron chi connectivity index (χ2n) is 5.19. The van der Waals surface area contributed by atoms with E-state index in [4.69, 9.17) is 11.6 Å². The summed E-state index contributed by atoms with van der Waals surface area (Å²) in [6.45, 7) is 5.20. The maximum Gasteiger partial charge on any atom is 0.134 e. The highest BCUT2D eigenvalue weighted by molar-refractivity contribution is 6.35. The van der Waals surface area contributed by atoms with Crippen molar-refractivity contribution in [2.24, 2.45) is 0 Å². The lowest BCUT2D eigenvalue weighted by Crippen LogP contribution is -1.95. The van der Waals surface area contributed by atoms with Crippen LogP contribution in [0.4, 0.5) is 8.78 Å². The molecule has 0 saturated carbocycles. The molecule has 0 saturated heterocycles. The third-order valence-electron chi connectivity index (χ3n) is 3.62. The van der Waals surface area contributed by atoms with Crippen molar-refractivity contribution in [1.29, 1.82) is 0 Å². The fourth-order valence-electron chi connectivity index (χ4n) is 2.50. The van der Waals surface area contributed by atoms with Crippen LogP contribution in [0.2, 0.25) is 5.02 Å². The number of pyridine rings is 1. The van der Waals surface area contributed by atoms with Crippen LogP contribution in [0, 0.1) is 18.6 Å². The van der Waals surface area contributed by atoms with Crippen molar-refractivity contribution in [3.8, 4) is 11.1 Å². The first-order valence-electron chi connectivity index (χ1n) is 6.82. The van der Waals surface area contributed by atoms with Gasteiger partial charge in [0.05, 0.1) is 16.2 Å². The molecule has 0 aliphatic carbocycles. The summed E-state index contributed by atoms with van der Waals surface area (Å²) in [6, 6.07) is 8.31. The van der Waals surface area contributed by atoms with Crippen LogP contribution in [0.1, 0.15) is 11.3 Å². The van der Waals surface area contributed by atoms with Gasteiger partial charge in [-0.15, -0.1) is 0 Å². The Balaban J connectivity index is 2.43. The molecular formula is C18H12ClF2NO. The molecule has 3 rings (SSSR count). The molecule has 116 valence electrons. The van der Waals surface area contributed by atoms with Crippen LogP contribution in [-0.4, -0.2) is 10.1 Å². The fourth-order valence-corrected chi connectivity index (χ4v) is 2.74. The summed E-state index contributed by atoms with van der Waals surface area (Å²) < 4.78 is 27.4. The highest BCUT2D eigenvalue weighted by atomic mass is 35.5. The summed E-state index contributed by atoms with van der Waals surface area (Å²) in [5, 5.41) is 10.4. The number of aromatic nitrogens is 1. The van der Waals surface area contributed by atoms with Crippen molar-refractivity contribution in [1.82, 2.24) is 4.98 Å². The molecule has 5 heteroatoms. The van der Waals surface area contributed by atoms with Gasteiger partial charge < -0.3 is 5.11 Å². The number of hydrogen-bond acceptors (Lipinski definition) is 2. The van der Waals surface area contributed by atoms with Gasteiger partial charge in [-0.05, 0) is 37.3 Å². The van der Waals surface area contributed by atoms with Gasteiger partial charge in [0.15, 0.2) is 0 Å². The van der Waals surface area contributed by atoms with Gasteiger partial charge in [0.25, 0.3) is 0 Å². The molecule has 0 aliphatic rings. The Bertz CT molecular complexity index is 953. The monoisotopic (exact) mass is 331 g/mol. The zero-order valence-corrected chi connectivity index (χ0v) is 13.0. The number of benzene rings is 2. The van der Waals surface area contributed by atoms with Crippen LogP contribution < -0.4 is 0 Å². The van der Waals surface area contributed by atoms with E-state index < -0.39 is 11.6 Å².